The topological polar surface area (TPSA) is 261 Å². The zero-order valence-electron chi connectivity index (χ0n) is 37.6. The fourth-order valence-corrected chi connectivity index (χ4v) is 5.97. The lowest BCUT2D eigenvalue weighted by Gasteiger charge is -2.06. The summed E-state index contributed by atoms with van der Waals surface area (Å²) >= 11 is 0. The number of hydrogen-bond acceptors (Lipinski definition) is 14. The highest BCUT2D eigenvalue weighted by molar-refractivity contribution is 5.93. The van der Waals surface area contributed by atoms with Crippen LogP contribution in [0, 0.1) is 0 Å². The van der Waals surface area contributed by atoms with E-state index < -0.39 is 0 Å². The van der Waals surface area contributed by atoms with Crippen LogP contribution in [0.4, 0.5) is 0 Å². The van der Waals surface area contributed by atoms with Crippen LogP contribution in [0.5, 0.6) is 74.7 Å². The van der Waals surface area contributed by atoms with Crippen molar-refractivity contribution >= 4 is 21.5 Å². The number of unbranched alkanes of at least 4 members (excludes halogenated alkanes) is 5. The van der Waals surface area contributed by atoms with Gasteiger partial charge in [-0.25, -0.2) is 0 Å². The molecule has 0 aromatic heterocycles. The van der Waals surface area contributed by atoms with Gasteiger partial charge in [0.1, 0.15) is 69.9 Å². The van der Waals surface area contributed by atoms with Crippen LogP contribution in [-0.4, -0.2) is 81.1 Å². The van der Waals surface area contributed by atoms with Gasteiger partial charge < -0.3 is 70.8 Å². The Kier molecular flexibility index (Phi) is 23.8. The molecule has 0 aliphatic rings. The van der Waals surface area contributed by atoms with Gasteiger partial charge in [-0.05, 0) is 83.2 Å². The molecule has 0 atom stereocenters. The zero-order chi connectivity index (χ0) is 49.7. The Morgan fingerprint density at radius 3 is 1.09 bits per heavy atom. The molecule has 0 saturated carbocycles. The lowest BCUT2D eigenvalue weighted by Crippen LogP contribution is -2.00. The Balaban J connectivity index is 0.000000219. The van der Waals surface area contributed by atoms with Crippen LogP contribution in [0.3, 0.4) is 0 Å². The van der Waals surface area contributed by atoms with E-state index in [9.17, 15) is 15.3 Å². The standard InChI is InChI=1S/C14H22O2.2C10H8O2.C8H10O3.C6H6O3.C6H6O2/c1-2-3-4-5-6-7-11-16-14-10-8-9-13(15)12-14;11-8-5-1-3-7-4-2-6-9(12)10(7)8;11-9-5-7-3-1-2-4-8(7)6-10(9)12;9-4-5-11-8-3-1-2-7(10)6-8;7-4-1-5(8)3-6(9)2-4;7-5-2-1-3-6(8)4-5/h8-10,12,15H,2-7,11H2,1H3;2*1-6,11-12H;1-3,6,9-10H,4-5H2;1-3,7-9H;1-4,7-8H. The van der Waals surface area contributed by atoms with Crippen molar-refractivity contribution in [3.8, 4) is 74.7 Å². The largest absolute Gasteiger partial charge is 0.508 e. The van der Waals surface area contributed by atoms with Crippen molar-refractivity contribution in [1.82, 2.24) is 0 Å². The molecule has 0 saturated heterocycles. The maximum atomic E-state index is 9.39. The van der Waals surface area contributed by atoms with Gasteiger partial charge in [-0.3, -0.25) is 0 Å². The van der Waals surface area contributed by atoms with Crippen molar-refractivity contribution in [2.24, 2.45) is 0 Å². The highest BCUT2D eigenvalue weighted by Gasteiger charge is 2.03. The monoisotopic (exact) mass is 932 g/mol. The van der Waals surface area contributed by atoms with Gasteiger partial charge in [0.05, 0.1) is 18.6 Å². The first-order chi connectivity index (χ1) is 32.7. The molecular weight excluding hydrogens is 873 g/mol. The number of aromatic hydroxyl groups is 11. The lowest BCUT2D eigenvalue weighted by atomic mass is 10.1. The van der Waals surface area contributed by atoms with Crippen molar-refractivity contribution in [1.29, 1.82) is 0 Å². The van der Waals surface area contributed by atoms with E-state index in [0.717, 1.165) is 53.1 Å². The Hall–Kier alpha value is -8.36. The minimum Gasteiger partial charge on any atom is -0.508 e. The molecule has 0 aliphatic carbocycles. The normalized spacial score (nSPS) is 9.91. The molecule has 14 heteroatoms. The van der Waals surface area contributed by atoms with E-state index in [4.69, 9.17) is 55.4 Å². The molecule has 8 rings (SSSR count). The van der Waals surface area contributed by atoms with E-state index >= 15 is 0 Å². The molecule has 0 spiro atoms. The molecule has 360 valence electrons. The minimum atomic E-state index is -0.146. The number of phenolic OH excluding ortho intramolecular Hbond substituents is 11. The molecule has 8 aromatic rings. The molecule has 0 bridgehead atoms. The molecule has 8 aromatic carbocycles. The maximum absolute atomic E-state index is 9.39. The van der Waals surface area contributed by atoms with E-state index in [1.54, 1.807) is 78.9 Å². The van der Waals surface area contributed by atoms with Crippen LogP contribution in [-0.2, 0) is 0 Å². The highest BCUT2D eigenvalue weighted by atomic mass is 16.5. The van der Waals surface area contributed by atoms with Gasteiger partial charge in [0.15, 0.2) is 11.5 Å². The Bertz CT molecular complexity index is 2540. The molecule has 14 nitrogen and oxygen atoms in total. The second-order valence-corrected chi connectivity index (χ2v) is 14.8. The average Bonchev–Trinajstić information content (AvgIpc) is 3.29. The van der Waals surface area contributed by atoms with E-state index in [2.05, 4.69) is 6.92 Å². The number of fused-ring (bicyclic) bond motifs is 2. The van der Waals surface area contributed by atoms with Gasteiger partial charge in [0.2, 0.25) is 0 Å². The highest BCUT2D eigenvalue weighted by Crippen LogP contribution is 2.32. The van der Waals surface area contributed by atoms with Gasteiger partial charge in [-0.2, -0.15) is 0 Å². The third-order valence-electron chi connectivity index (χ3n) is 9.18. The maximum Gasteiger partial charge on any atom is 0.158 e. The van der Waals surface area contributed by atoms with Crippen LogP contribution in [0.2, 0.25) is 0 Å². The lowest BCUT2D eigenvalue weighted by molar-refractivity contribution is 0.201. The summed E-state index contributed by atoms with van der Waals surface area (Å²) in [5.41, 5.74) is 0. The van der Waals surface area contributed by atoms with Crippen LogP contribution in [0.1, 0.15) is 45.4 Å². The summed E-state index contributed by atoms with van der Waals surface area (Å²) in [5, 5.41) is 110. The smallest absolute Gasteiger partial charge is 0.158 e. The fourth-order valence-electron chi connectivity index (χ4n) is 5.97. The van der Waals surface area contributed by atoms with Crippen LogP contribution >= 0.6 is 0 Å². The third kappa shape index (κ3) is 21.1. The Labute approximate surface area is 395 Å². The van der Waals surface area contributed by atoms with Gasteiger partial charge in [0, 0.05) is 36.4 Å². The fraction of sp³-hybridized carbons (Fsp3) is 0.185. The molecule has 0 heterocycles. The first kappa shape index (κ1) is 54.0. The molecule has 68 heavy (non-hydrogen) atoms. The first-order valence-corrected chi connectivity index (χ1v) is 21.6. The number of hydrogen-bond donors (Lipinski definition) is 12. The third-order valence-corrected chi connectivity index (χ3v) is 9.18. The van der Waals surface area contributed by atoms with E-state index in [-0.39, 0.29) is 76.5 Å². The molecule has 0 aliphatic heterocycles. The van der Waals surface area contributed by atoms with E-state index in [0.29, 0.717) is 11.1 Å². The summed E-state index contributed by atoms with van der Waals surface area (Å²) in [6.07, 6.45) is 7.60. The van der Waals surface area contributed by atoms with E-state index in [1.165, 1.54) is 56.4 Å². The molecule has 12 N–H and O–H groups in total. The predicted octanol–water partition coefficient (Wildman–Crippen LogP) is 11.3. The second-order valence-electron chi connectivity index (χ2n) is 14.8. The number of rotatable bonds is 11. The Morgan fingerprint density at radius 2 is 0.691 bits per heavy atom. The van der Waals surface area contributed by atoms with Crippen LogP contribution in [0.25, 0.3) is 21.5 Å². The summed E-state index contributed by atoms with van der Waals surface area (Å²) in [5.74, 6) is 1.58. The first-order valence-electron chi connectivity index (χ1n) is 21.6. The summed E-state index contributed by atoms with van der Waals surface area (Å²) in [6, 6.07) is 43.6. The molecular formula is C54H60O14. The summed E-state index contributed by atoms with van der Waals surface area (Å²) in [4.78, 5) is 0. The predicted molar refractivity (Wildman–Crippen MR) is 263 cm³/mol. The van der Waals surface area contributed by atoms with Crippen LogP contribution < -0.4 is 9.47 Å². The van der Waals surface area contributed by atoms with Crippen molar-refractivity contribution < 1.29 is 70.8 Å². The van der Waals surface area contributed by atoms with Gasteiger partial charge in [-0.1, -0.05) is 106 Å². The van der Waals surface area contributed by atoms with Crippen molar-refractivity contribution in [3.63, 3.8) is 0 Å². The number of aliphatic hydroxyl groups is 1. The van der Waals surface area contributed by atoms with Gasteiger partial charge in [-0.15, -0.1) is 0 Å². The summed E-state index contributed by atoms with van der Waals surface area (Å²) in [7, 11) is 0. The Morgan fingerprint density at radius 1 is 0.324 bits per heavy atom. The molecule has 0 fully saturated rings. The number of ether oxygens (including phenoxy) is 2. The van der Waals surface area contributed by atoms with Gasteiger partial charge >= 0.3 is 0 Å². The van der Waals surface area contributed by atoms with Crippen molar-refractivity contribution in [2.45, 2.75) is 45.4 Å². The van der Waals surface area contributed by atoms with Crippen LogP contribution in [0.15, 0.2) is 164 Å². The quantitative estimate of drug-likeness (QED) is 0.0425. The minimum absolute atomic E-state index is 0.0182. The molecule has 0 unspecified atom stereocenters. The van der Waals surface area contributed by atoms with Crippen molar-refractivity contribution in [2.75, 3.05) is 19.8 Å². The second kappa shape index (κ2) is 30.0. The number of phenols is 11. The summed E-state index contributed by atoms with van der Waals surface area (Å²) in [6.45, 7) is 3.21. The van der Waals surface area contributed by atoms with Crippen molar-refractivity contribution in [3.05, 3.63) is 164 Å². The molecule has 0 radical (unpaired) electrons. The average molecular weight is 933 g/mol. The van der Waals surface area contributed by atoms with E-state index in [1.807, 2.05) is 42.5 Å². The number of benzene rings is 8. The summed E-state index contributed by atoms with van der Waals surface area (Å²) < 4.78 is 10.6. The molecule has 0 amide bonds. The zero-order valence-corrected chi connectivity index (χ0v) is 37.6. The van der Waals surface area contributed by atoms with Gasteiger partial charge in [0.25, 0.3) is 0 Å². The SMILES string of the molecule is CCCCCCCCOc1cccc(O)c1.OCCOc1cccc(O)c1.Oc1cc(O)cc(O)c1.Oc1cc2ccccc2cc1O.Oc1cccc(O)c1.Oc1cccc2cccc(O)c12. The number of aliphatic hydroxyl groups excluding tert-OH is 1.